The molecule has 0 unspecified atom stereocenters. The molecule has 5 aromatic rings. The summed E-state index contributed by atoms with van der Waals surface area (Å²) in [6.45, 7) is 0. The van der Waals surface area contributed by atoms with E-state index in [9.17, 15) is 19.1 Å². The normalized spacial score (nSPS) is 11.1. The molecule has 0 saturated carbocycles. The molecule has 3 N–H and O–H groups in total. The van der Waals surface area contributed by atoms with Gasteiger partial charge in [-0.05, 0) is 42.0 Å². The van der Waals surface area contributed by atoms with Gasteiger partial charge in [-0.3, -0.25) is 9.36 Å². The second-order valence-electron chi connectivity index (χ2n) is 7.46. The highest BCUT2D eigenvalue weighted by molar-refractivity contribution is 7.99. The van der Waals surface area contributed by atoms with Crippen molar-refractivity contribution < 1.29 is 13.9 Å². The fourth-order valence-electron chi connectivity index (χ4n) is 3.68. The lowest BCUT2D eigenvalue weighted by Crippen LogP contribution is -2.21. The summed E-state index contributed by atoms with van der Waals surface area (Å²) in [6.07, 6.45) is 0. The molecule has 0 amide bonds. The fourth-order valence-corrected chi connectivity index (χ4v) is 4.56. The maximum Gasteiger partial charge on any atom is 0.354 e. The van der Waals surface area contributed by atoms with E-state index >= 15 is 0 Å². The Bertz CT molecular complexity index is 1640. The second-order valence-corrected chi connectivity index (χ2v) is 8.51. The molecule has 5 rings (SSSR count). The molecule has 2 heterocycles. The van der Waals surface area contributed by atoms with Crippen molar-refractivity contribution in [2.45, 2.75) is 9.79 Å². The van der Waals surface area contributed by atoms with E-state index in [1.165, 1.54) is 34.9 Å². The number of hydrogen-bond donors (Lipinski definition) is 2. The third kappa shape index (κ3) is 3.74. The van der Waals surface area contributed by atoms with Gasteiger partial charge in [0.15, 0.2) is 5.75 Å². The minimum Gasteiger partial charge on any atom is -0.505 e. The van der Waals surface area contributed by atoms with Crippen LogP contribution in [0.1, 0.15) is 0 Å². The van der Waals surface area contributed by atoms with Gasteiger partial charge in [0.2, 0.25) is 0 Å². The van der Waals surface area contributed by atoms with Gasteiger partial charge in [-0.15, -0.1) is 0 Å². The first kappa shape index (κ1) is 21.5. The molecule has 0 aliphatic carbocycles. The number of halogens is 1. The first-order chi connectivity index (χ1) is 16.4. The van der Waals surface area contributed by atoms with Crippen molar-refractivity contribution in [2.24, 2.45) is 0 Å². The Morgan fingerprint density at radius 2 is 1.59 bits per heavy atom. The zero-order chi connectivity index (χ0) is 23.8. The lowest BCUT2D eigenvalue weighted by molar-refractivity contribution is 0.446. The van der Waals surface area contributed by atoms with Gasteiger partial charge in [-0.1, -0.05) is 54.2 Å². The standard InChI is InChI=1S/C26H17FN2O4S/c27-16-10-12-17(13-11-16)29-19(15-6-2-1-3-7-15)14-20-22(25(29)31)23(30)24(26(32)33-20)34-21-9-5-4-8-18(21)28/h1-14,30H,28H2. The number of fused-ring (bicyclic) bond motifs is 1. The molecule has 34 heavy (non-hydrogen) atoms. The summed E-state index contributed by atoms with van der Waals surface area (Å²) in [5, 5.41) is 10.9. The number of anilines is 1. The summed E-state index contributed by atoms with van der Waals surface area (Å²) in [5.41, 5.74) is 6.39. The van der Waals surface area contributed by atoms with Gasteiger partial charge in [0, 0.05) is 22.3 Å². The zero-order valence-electron chi connectivity index (χ0n) is 17.6. The first-order valence-corrected chi connectivity index (χ1v) is 11.1. The van der Waals surface area contributed by atoms with Crippen LogP contribution >= 0.6 is 11.8 Å². The van der Waals surface area contributed by atoms with Crippen LogP contribution in [0.3, 0.4) is 0 Å². The molecule has 168 valence electrons. The van der Waals surface area contributed by atoms with Crippen molar-refractivity contribution in [3.8, 4) is 22.7 Å². The smallest absolute Gasteiger partial charge is 0.354 e. The Labute approximate surface area is 196 Å². The molecule has 0 atom stereocenters. The van der Waals surface area contributed by atoms with E-state index in [0.717, 1.165) is 11.8 Å². The summed E-state index contributed by atoms with van der Waals surface area (Å²) < 4.78 is 20.4. The fraction of sp³-hybridized carbons (Fsp3) is 0. The molecule has 0 aliphatic heterocycles. The quantitative estimate of drug-likeness (QED) is 0.350. The van der Waals surface area contributed by atoms with E-state index in [0.29, 0.717) is 27.5 Å². The molecule has 0 bridgehead atoms. The van der Waals surface area contributed by atoms with E-state index in [4.69, 9.17) is 10.2 Å². The molecule has 3 aromatic carbocycles. The maximum absolute atomic E-state index is 13.7. The minimum atomic E-state index is -0.795. The third-order valence-corrected chi connectivity index (χ3v) is 6.45. The zero-order valence-corrected chi connectivity index (χ0v) is 18.4. The molecule has 2 aromatic heterocycles. The number of aromatic nitrogens is 1. The molecule has 0 spiro atoms. The van der Waals surface area contributed by atoms with Gasteiger partial charge >= 0.3 is 5.63 Å². The van der Waals surface area contributed by atoms with E-state index in [1.807, 2.05) is 6.07 Å². The first-order valence-electron chi connectivity index (χ1n) is 10.2. The number of nitrogen functional groups attached to an aromatic ring is 1. The number of hydrogen-bond acceptors (Lipinski definition) is 6. The Balaban J connectivity index is 1.82. The van der Waals surface area contributed by atoms with Crippen LogP contribution in [0, 0.1) is 5.82 Å². The summed E-state index contributed by atoms with van der Waals surface area (Å²) in [5.74, 6) is -0.952. The lowest BCUT2D eigenvalue weighted by Gasteiger charge is -2.15. The Hall–Kier alpha value is -4.30. The van der Waals surface area contributed by atoms with Crippen molar-refractivity contribution in [3.05, 3.63) is 112 Å². The van der Waals surface area contributed by atoms with Crippen LogP contribution in [-0.2, 0) is 0 Å². The highest BCUT2D eigenvalue weighted by atomic mass is 32.2. The molecule has 0 aliphatic rings. The monoisotopic (exact) mass is 472 g/mol. The van der Waals surface area contributed by atoms with Crippen LogP contribution in [0.15, 0.2) is 109 Å². The Morgan fingerprint density at radius 3 is 2.29 bits per heavy atom. The van der Waals surface area contributed by atoms with Crippen molar-refractivity contribution in [1.29, 1.82) is 0 Å². The van der Waals surface area contributed by atoms with E-state index in [2.05, 4.69) is 0 Å². The largest absolute Gasteiger partial charge is 0.505 e. The van der Waals surface area contributed by atoms with Crippen LogP contribution in [0.4, 0.5) is 10.1 Å². The van der Waals surface area contributed by atoms with Crippen LogP contribution in [-0.4, -0.2) is 9.67 Å². The molecular formula is C26H17FN2O4S. The number of para-hydroxylation sites is 1. The van der Waals surface area contributed by atoms with Crippen LogP contribution in [0.5, 0.6) is 5.75 Å². The summed E-state index contributed by atoms with van der Waals surface area (Å²) in [7, 11) is 0. The number of nitrogens with two attached hydrogens (primary N) is 1. The van der Waals surface area contributed by atoms with Crippen molar-refractivity contribution in [2.75, 3.05) is 5.73 Å². The molecule has 8 heteroatoms. The number of benzene rings is 3. The Morgan fingerprint density at radius 1 is 0.912 bits per heavy atom. The Kier molecular flexibility index (Phi) is 5.43. The molecule has 0 fully saturated rings. The highest BCUT2D eigenvalue weighted by Gasteiger charge is 2.22. The predicted octanol–water partition coefficient (Wildman–Crippen LogP) is 5.19. The number of rotatable bonds is 4. The van der Waals surface area contributed by atoms with Gasteiger partial charge in [0.05, 0.1) is 5.69 Å². The maximum atomic E-state index is 13.7. The van der Waals surface area contributed by atoms with E-state index < -0.39 is 22.8 Å². The minimum absolute atomic E-state index is 0.0601. The molecule has 0 saturated heterocycles. The molecule has 0 radical (unpaired) electrons. The second kappa shape index (κ2) is 8.57. The highest BCUT2D eigenvalue weighted by Crippen LogP contribution is 2.38. The van der Waals surface area contributed by atoms with Crippen LogP contribution in [0.25, 0.3) is 27.9 Å². The van der Waals surface area contributed by atoms with E-state index in [1.54, 1.807) is 48.5 Å². The van der Waals surface area contributed by atoms with Crippen LogP contribution in [0.2, 0.25) is 0 Å². The average molecular weight is 472 g/mol. The topological polar surface area (TPSA) is 98.5 Å². The number of aromatic hydroxyl groups is 1. The average Bonchev–Trinajstić information content (AvgIpc) is 2.84. The van der Waals surface area contributed by atoms with Crippen molar-refractivity contribution in [1.82, 2.24) is 4.57 Å². The summed E-state index contributed by atoms with van der Waals surface area (Å²) in [4.78, 5) is 26.9. The van der Waals surface area contributed by atoms with Crippen molar-refractivity contribution >= 4 is 28.4 Å². The van der Waals surface area contributed by atoms with Gasteiger partial charge < -0.3 is 15.3 Å². The van der Waals surface area contributed by atoms with Gasteiger partial charge in [-0.25, -0.2) is 9.18 Å². The summed E-state index contributed by atoms with van der Waals surface area (Å²) >= 11 is 0.916. The predicted molar refractivity (Wildman–Crippen MR) is 130 cm³/mol. The van der Waals surface area contributed by atoms with Crippen LogP contribution < -0.4 is 16.9 Å². The molecular weight excluding hydrogens is 455 g/mol. The van der Waals surface area contributed by atoms with Crippen molar-refractivity contribution in [3.63, 3.8) is 0 Å². The third-order valence-electron chi connectivity index (χ3n) is 5.30. The SMILES string of the molecule is Nc1ccccc1Sc1c(O)c2c(=O)n(-c3ccc(F)cc3)c(-c3ccccc3)cc2oc1=O. The summed E-state index contributed by atoms with van der Waals surface area (Å²) in [6, 6.07) is 22.8. The van der Waals surface area contributed by atoms with Gasteiger partial charge in [0.25, 0.3) is 5.56 Å². The van der Waals surface area contributed by atoms with Gasteiger partial charge in [0.1, 0.15) is 21.7 Å². The van der Waals surface area contributed by atoms with E-state index in [-0.39, 0.29) is 15.9 Å². The number of pyridine rings is 1. The van der Waals surface area contributed by atoms with Gasteiger partial charge in [-0.2, -0.15) is 0 Å². The number of nitrogens with zero attached hydrogens (tertiary/aromatic N) is 1. The lowest BCUT2D eigenvalue weighted by atomic mass is 10.1. The molecule has 6 nitrogen and oxygen atoms in total.